The number of nitrogens with zero attached hydrogens (tertiary/aromatic N) is 1. The lowest BCUT2D eigenvalue weighted by molar-refractivity contribution is 0.561. The fourth-order valence-electron chi connectivity index (χ4n) is 1.65. The van der Waals surface area contributed by atoms with E-state index in [1.807, 2.05) is 0 Å². The molecule has 9 heteroatoms. The van der Waals surface area contributed by atoms with Crippen molar-refractivity contribution in [2.45, 2.75) is 17.9 Å². The van der Waals surface area contributed by atoms with Crippen molar-refractivity contribution in [2.75, 3.05) is 12.0 Å². The van der Waals surface area contributed by atoms with Gasteiger partial charge in [-0.3, -0.25) is 0 Å². The third kappa shape index (κ3) is 4.26. The van der Waals surface area contributed by atoms with Crippen LogP contribution in [0.5, 0.6) is 0 Å². The van der Waals surface area contributed by atoms with Crippen molar-refractivity contribution in [3.8, 4) is 6.07 Å². The number of rotatable bonds is 5. The third-order valence-electron chi connectivity index (χ3n) is 2.29. The summed E-state index contributed by atoms with van der Waals surface area (Å²) < 4.78 is 61.7. The standard InChI is InChI=1S/C11H13FN2O4S2/c1-8(7-19(2,15)16)14-20(17,18)11-5-3-4-10(12)9(11)6-13/h3-5,8,14H,7H2,1-2H3. The van der Waals surface area contributed by atoms with E-state index in [0.717, 1.165) is 24.5 Å². The highest BCUT2D eigenvalue weighted by atomic mass is 32.2. The van der Waals surface area contributed by atoms with Crippen LogP contribution in [-0.2, 0) is 19.9 Å². The number of nitriles is 1. The zero-order valence-corrected chi connectivity index (χ0v) is 12.4. The van der Waals surface area contributed by atoms with Crippen LogP contribution in [0.15, 0.2) is 23.1 Å². The first-order valence-corrected chi connectivity index (χ1v) is 9.00. The van der Waals surface area contributed by atoms with Crippen molar-refractivity contribution >= 4 is 19.9 Å². The molecule has 0 aliphatic rings. The highest BCUT2D eigenvalue weighted by Gasteiger charge is 2.24. The van der Waals surface area contributed by atoms with E-state index in [1.54, 1.807) is 0 Å². The van der Waals surface area contributed by atoms with Gasteiger partial charge in [0.25, 0.3) is 0 Å². The Hall–Kier alpha value is -1.50. The molecule has 0 radical (unpaired) electrons. The molecule has 1 atom stereocenters. The van der Waals surface area contributed by atoms with E-state index in [-0.39, 0.29) is 0 Å². The number of nitrogens with one attached hydrogen (secondary N) is 1. The molecular weight excluding hydrogens is 307 g/mol. The largest absolute Gasteiger partial charge is 0.242 e. The number of sulfonamides is 1. The number of benzene rings is 1. The second kappa shape index (κ2) is 5.87. The van der Waals surface area contributed by atoms with Crippen LogP contribution in [0.1, 0.15) is 12.5 Å². The predicted octanol–water partition coefficient (Wildman–Crippen LogP) is 0.409. The first-order chi connectivity index (χ1) is 9.07. The molecule has 1 aromatic rings. The molecule has 0 amide bonds. The second-order valence-electron chi connectivity index (χ2n) is 4.34. The zero-order valence-electron chi connectivity index (χ0n) is 10.8. The molecule has 0 aliphatic carbocycles. The summed E-state index contributed by atoms with van der Waals surface area (Å²) in [4.78, 5) is -0.514. The molecule has 0 bridgehead atoms. The van der Waals surface area contributed by atoms with Crippen molar-refractivity contribution in [3.05, 3.63) is 29.6 Å². The van der Waals surface area contributed by atoms with E-state index in [0.29, 0.717) is 0 Å². The molecule has 0 spiro atoms. The topological polar surface area (TPSA) is 104 Å². The Labute approximate surface area is 117 Å². The van der Waals surface area contributed by atoms with E-state index in [4.69, 9.17) is 5.26 Å². The van der Waals surface area contributed by atoms with Gasteiger partial charge >= 0.3 is 0 Å². The van der Waals surface area contributed by atoms with Crippen LogP contribution >= 0.6 is 0 Å². The van der Waals surface area contributed by atoms with Crippen molar-refractivity contribution in [1.82, 2.24) is 4.72 Å². The maximum absolute atomic E-state index is 13.4. The van der Waals surface area contributed by atoms with Gasteiger partial charge in [0, 0.05) is 12.3 Å². The predicted molar refractivity (Wildman–Crippen MR) is 70.6 cm³/mol. The molecule has 110 valence electrons. The lowest BCUT2D eigenvalue weighted by atomic mass is 10.2. The van der Waals surface area contributed by atoms with Crippen LogP contribution in [0, 0.1) is 17.1 Å². The van der Waals surface area contributed by atoms with Crippen LogP contribution in [0.2, 0.25) is 0 Å². The monoisotopic (exact) mass is 320 g/mol. The molecule has 0 aliphatic heterocycles. The van der Waals surface area contributed by atoms with Crippen molar-refractivity contribution in [2.24, 2.45) is 0 Å². The molecule has 1 aromatic carbocycles. The van der Waals surface area contributed by atoms with Crippen molar-refractivity contribution < 1.29 is 21.2 Å². The highest BCUT2D eigenvalue weighted by molar-refractivity contribution is 7.91. The van der Waals surface area contributed by atoms with Gasteiger partial charge in [0.1, 0.15) is 32.2 Å². The first kappa shape index (κ1) is 16.6. The molecule has 0 fully saturated rings. The molecule has 0 saturated heterocycles. The first-order valence-electron chi connectivity index (χ1n) is 5.45. The van der Waals surface area contributed by atoms with Crippen LogP contribution < -0.4 is 4.72 Å². The van der Waals surface area contributed by atoms with Gasteiger partial charge in [0.15, 0.2) is 0 Å². The smallest absolute Gasteiger partial charge is 0.229 e. The quantitative estimate of drug-likeness (QED) is 0.846. The van der Waals surface area contributed by atoms with Crippen LogP contribution in [-0.4, -0.2) is 34.9 Å². The van der Waals surface area contributed by atoms with E-state index in [1.165, 1.54) is 13.0 Å². The Balaban J connectivity index is 3.14. The minimum atomic E-state index is -4.17. The maximum atomic E-state index is 13.4. The normalized spacial score (nSPS) is 13.7. The third-order valence-corrected chi connectivity index (χ3v) is 5.02. The summed E-state index contributed by atoms with van der Waals surface area (Å²) in [5, 5.41) is 8.81. The maximum Gasteiger partial charge on any atom is 0.242 e. The van der Waals surface area contributed by atoms with E-state index >= 15 is 0 Å². The van der Waals surface area contributed by atoms with Gasteiger partial charge in [-0.05, 0) is 19.1 Å². The number of halogens is 1. The van der Waals surface area contributed by atoms with Crippen LogP contribution in [0.3, 0.4) is 0 Å². The van der Waals surface area contributed by atoms with Gasteiger partial charge in [0.05, 0.1) is 5.75 Å². The Morgan fingerprint density at radius 2 is 1.95 bits per heavy atom. The lowest BCUT2D eigenvalue weighted by Gasteiger charge is -2.14. The molecule has 1 rings (SSSR count). The van der Waals surface area contributed by atoms with Gasteiger partial charge in [-0.1, -0.05) is 6.07 Å². The Bertz CT molecular complexity index is 751. The van der Waals surface area contributed by atoms with Crippen molar-refractivity contribution in [3.63, 3.8) is 0 Å². The summed E-state index contributed by atoms with van der Waals surface area (Å²) in [6, 6.07) is 3.79. The van der Waals surface area contributed by atoms with Gasteiger partial charge in [-0.25, -0.2) is 25.9 Å². The summed E-state index contributed by atoms with van der Waals surface area (Å²) in [6.45, 7) is 1.37. The molecule has 1 N–H and O–H groups in total. The fraction of sp³-hybridized carbons (Fsp3) is 0.364. The summed E-state index contributed by atoms with van der Waals surface area (Å²) >= 11 is 0. The Morgan fingerprint density at radius 1 is 1.35 bits per heavy atom. The zero-order chi connectivity index (χ0) is 15.6. The minimum absolute atomic E-state index is 0.399. The van der Waals surface area contributed by atoms with Gasteiger partial charge in [-0.15, -0.1) is 0 Å². The highest BCUT2D eigenvalue weighted by Crippen LogP contribution is 2.18. The Morgan fingerprint density at radius 3 is 2.45 bits per heavy atom. The molecule has 0 saturated carbocycles. The summed E-state index contributed by atoms with van der Waals surface area (Å²) in [7, 11) is -7.54. The SMILES string of the molecule is CC(CS(C)(=O)=O)NS(=O)(=O)c1cccc(F)c1C#N. The van der Waals surface area contributed by atoms with E-state index in [2.05, 4.69) is 4.72 Å². The van der Waals surface area contributed by atoms with E-state index < -0.39 is 47.9 Å². The summed E-state index contributed by atoms with van der Waals surface area (Å²) in [6.07, 6.45) is 0.973. The van der Waals surface area contributed by atoms with Crippen LogP contribution in [0.4, 0.5) is 4.39 Å². The fourth-order valence-corrected chi connectivity index (χ4v) is 4.16. The average molecular weight is 320 g/mol. The average Bonchev–Trinajstić information content (AvgIpc) is 2.24. The van der Waals surface area contributed by atoms with E-state index in [9.17, 15) is 21.2 Å². The van der Waals surface area contributed by atoms with Gasteiger partial charge in [0.2, 0.25) is 10.0 Å². The molecule has 6 nitrogen and oxygen atoms in total. The van der Waals surface area contributed by atoms with Gasteiger partial charge in [-0.2, -0.15) is 5.26 Å². The van der Waals surface area contributed by atoms with Crippen molar-refractivity contribution in [1.29, 1.82) is 5.26 Å². The summed E-state index contributed by atoms with van der Waals surface area (Å²) in [5.74, 6) is -1.35. The molecule has 20 heavy (non-hydrogen) atoms. The lowest BCUT2D eigenvalue weighted by Crippen LogP contribution is -2.37. The second-order valence-corrected chi connectivity index (χ2v) is 8.21. The molecule has 1 unspecified atom stereocenters. The minimum Gasteiger partial charge on any atom is -0.229 e. The number of sulfone groups is 1. The van der Waals surface area contributed by atoms with Crippen LogP contribution in [0.25, 0.3) is 0 Å². The molecule has 0 heterocycles. The molecular formula is C11H13FN2O4S2. The number of hydrogen-bond acceptors (Lipinski definition) is 5. The van der Waals surface area contributed by atoms with Gasteiger partial charge < -0.3 is 0 Å². The molecule has 0 aromatic heterocycles. The Kier molecular flexibility index (Phi) is 4.86. The summed E-state index contributed by atoms with van der Waals surface area (Å²) in [5.41, 5.74) is -0.605. The number of hydrogen-bond donors (Lipinski definition) is 1.